The van der Waals surface area contributed by atoms with E-state index in [1.807, 2.05) is 0 Å². The lowest BCUT2D eigenvalue weighted by Gasteiger charge is -2.32. The van der Waals surface area contributed by atoms with Crippen molar-refractivity contribution in [2.75, 3.05) is 13.2 Å². The summed E-state index contributed by atoms with van der Waals surface area (Å²) in [6.45, 7) is 10.9. The second-order valence-electron chi connectivity index (χ2n) is 6.57. The summed E-state index contributed by atoms with van der Waals surface area (Å²) < 4.78 is 5.91. The van der Waals surface area contributed by atoms with Crippen LogP contribution in [-0.2, 0) is 0 Å². The SMILES string of the molecule is Cc1ccc(OCC[NH2+][C@@H]2CCC[C@@H](C)[C@H]2C)c(C)c1. The molecule has 112 valence electrons. The maximum Gasteiger partial charge on any atom is 0.137 e. The Kier molecular flexibility index (Phi) is 5.47. The topological polar surface area (TPSA) is 25.8 Å². The van der Waals surface area contributed by atoms with Gasteiger partial charge in [0.05, 0.1) is 6.04 Å². The van der Waals surface area contributed by atoms with Crippen molar-refractivity contribution >= 4 is 0 Å². The van der Waals surface area contributed by atoms with Gasteiger partial charge in [-0.15, -0.1) is 0 Å². The molecule has 0 unspecified atom stereocenters. The fourth-order valence-electron chi connectivity index (χ4n) is 3.37. The van der Waals surface area contributed by atoms with Gasteiger partial charge in [0.2, 0.25) is 0 Å². The molecule has 0 aromatic heterocycles. The lowest BCUT2D eigenvalue weighted by Crippen LogP contribution is -2.92. The van der Waals surface area contributed by atoms with Crippen molar-refractivity contribution in [2.24, 2.45) is 11.8 Å². The summed E-state index contributed by atoms with van der Waals surface area (Å²) in [5.74, 6) is 2.75. The summed E-state index contributed by atoms with van der Waals surface area (Å²) in [6, 6.07) is 7.19. The van der Waals surface area contributed by atoms with E-state index in [4.69, 9.17) is 4.74 Å². The van der Waals surface area contributed by atoms with Gasteiger partial charge in [-0.2, -0.15) is 0 Å². The minimum absolute atomic E-state index is 0.793. The lowest BCUT2D eigenvalue weighted by atomic mass is 9.78. The van der Waals surface area contributed by atoms with Crippen LogP contribution in [0.4, 0.5) is 0 Å². The molecule has 1 aromatic carbocycles. The van der Waals surface area contributed by atoms with Gasteiger partial charge in [-0.25, -0.2) is 0 Å². The summed E-state index contributed by atoms with van der Waals surface area (Å²) in [5, 5.41) is 2.50. The van der Waals surface area contributed by atoms with Crippen LogP contribution >= 0.6 is 0 Å². The predicted octanol–water partition coefficient (Wildman–Crippen LogP) is 3.07. The number of nitrogens with two attached hydrogens (primary N) is 1. The third-order valence-corrected chi connectivity index (χ3v) is 4.95. The highest BCUT2D eigenvalue weighted by molar-refractivity contribution is 5.35. The van der Waals surface area contributed by atoms with Crippen LogP contribution in [-0.4, -0.2) is 19.2 Å². The fraction of sp³-hybridized carbons (Fsp3) is 0.667. The minimum atomic E-state index is 0.793. The van der Waals surface area contributed by atoms with E-state index in [-0.39, 0.29) is 0 Å². The molecule has 0 aliphatic heterocycles. The molecular formula is C18H30NO+. The minimum Gasteiger partial charge on any atom is -0.487 e. The number of rotatable bonds is 5. The van der Waals surface area contributed by atoms with Crippen LogP contribution in [0.5, 0.6) is 5.75 Å². The third-order valence-electron chi connectivity index (χ3n) is 4.95. The molecule has 0 amide bonds. The molecule has 0 radical (unpaired) electrons. The van der Waals surface area contributed by atoms with Crippen molar-refractivity contribution in [3.05, 3.63) is 29.3 Å². The van der Waals surface area contributed by atoms with Crippen molar-refractivity contribution < 1.29 is 10.1 Å². The Labute approximate surface area is 123 Å². The molecule has 1 aliphatic rings. The van der Waals surface area contributed by atoms with Gasteiger partial charge in [-0.1, -0.05) is 31.5 Å². The molecule has 2 rings (SSSR count). The van der Waals surface area contributed by atoms with Gasteiger partial charge < -0.3 is 10.1 Å². The second-order valence-corrected chi connectivity index (χ2v) is 6.57. The first kappa shape index (κ1) is 15.4. The van der Waals surface area contributed by atoms with E-state index in [0.29, 0.717) is 0 Å². The quantitative estimate of drug-likeness (QED) is 0.822. The predicted molar refractivity (Wildman–Crippen MR) is 84.2 cm³/mol. The number of hydrogen-bond donors (Lipinski definition) is 1. The molecule has 20 heavy (non-hydrogen) atoms. The largest absolute Gasteiger partial charge is 0.487 e. The fourth-order valence-corrected chi connectivity index (χ4v) is 3.37. The highest BCUT2D eigenvalue weighted by Crippen LogP contribution is 2.27. The van der Waals surface area contributed by atoms with Gasteiger partial charge in [0.15, 0.2) is 0 Å². The van der Waals surface area contributed by atoms with Crippen LogP contribution in [0.1, 0.15) is 44.2 Å². The Morgan fingerprint density at radius 3 is 2.75 bits per heavy atom. The summed E-state index contributed by atoms with van der Waals surface area (Å²) >= 11 is 0. The van der Waals surface area contributed by atoms with Crippen molar-refractivity contribution in [3.63, 3.8) is 0 Å². The standard InChI is InChI=1S/C18H29NO/c1-13-8-9-18(15(3)12-13)20-11-10-19-17-7-5-6-14(2)16(17)4/h8-9,12,14,16-17,19H,5-7,10-11H2,1-4H3/p+1/t14-,16-,17-/m1/s1. The maximum atomic E-state index is 5.91. The van der Waals surface area contributed by atoms with Gasteiger partial charge in [0.25, 0.3) is 0 Å². The number of quaternary nitrogens is 1. The summed E-state index contributed by atoms with van der Waals surface area (Å²) in [5.41, 5.74) is 2.54. The van der Waals surface area contributed by atoms with E-state index in [1.165, 1.54) is 30.4 Å². The Morgan fingerprint density at radius 2 is 2.00 bits per heavy atom. The zero-order valence-electron chi connectivity index (χ0n) is 13.5. The van der Waals surface area contributed by atoms with Gasteiger partial charge >= 0.3 is 0 Å². The first-order valence-corrected chi connectivity index (χ1v) is 8.11. The first-order chi connectivity index (χ1) is 9.58. The van der Waals surface area contributed by atoms with Gasteiger partial charge in [-0.05, 0) is 50.7 Å². The molecule has 2 N–H and O–H groups in total. The van der Waals surface area contributed by atoms with Gasteiger partial charge in [-0.3, -0.25) is 0 Å². The number of ether oxygens (including phenoxy) is 1. The van der Waals surface area contributed by atoms with Crippen molar-refractivity contribution in [2.45, 2.75) is 53.0 Å². The van der Waals surface area contributed by atoms with Crippen LogP contribution in [0.3, 0.4) is 0 Å². The number of benzene rings is 1. The van der Waals surface area contributed by atoms with Crippen LogP contribution in [0.25, 0.3) is 0 Å². The van der Waals surface area contributed by atoms with E-state index in [0.717, 1.165) is 36.8 Å². The molecule has 0 heterocycles. The molecule has 1 aliphatic carbocycles. The van der Waals surface area contributed by atoms with Gasteiger partial charge in [0.1, 0.15) is 18.9 Å². The molecule has 1 fully saturated rings. The second kappa shape index (κ2) is 7.12. The van der Waals surface area contributed by atoms with E-state index in [9.17, 15) is 0 Å². The molecule has 0 spiro atoms. The Bertz CT molecular complexity index is 429. The van der Waals surface area contributed by atoms with Crippen LogP contribution in [0.2, 0.25) is 0 Å². The van der Waals surface area contributed by atoms with E-state index >= 15 is 0 Å². The Morgan fingerprint density at radius 1 is 1.20 bits per heavy atom. The van der Waals surface area contributed by atoms with Crippen LogP contribution in [0.15, 0.2) is 18.2 Å². The molecule has 0 saturated heterocycles. The summed E-state index contributed by atoms with van der Waals surface area (Å²) in [4.78, 5) is 0. The van der Waals surface area contributed by atoms with E-state index < -0.39 is 0 Å². The Balaban J connectivity index is 1.73. The van der Waals surface area contributed by atoms with E-state index in [1.54, 1.807) is 0 Å². The van der Waals surface area contributed by atoms with Crippen molar-refractivity contribution in [1.29, 1.82) is 0 Å². The number of hydrogen-bond acceptors (Lipinski definition) is 1. The zero-order valence-corrected chi connectivity index (χ0v) is 13.5. The van der Waals surface area contributed by atoms with Crippen molar-refractivity contribution in [3.8, 4) is 5.75 Å². The monoisotopic (exact) mass is 276 g/mol. The zero-order chi connectivity index (χ0) is 14.5. The van der Waals surface area contributed by atoms with Crippen LogP contribution < -0.4 is 10.1 Å². The summed E-state index contributed by atoms with van der Waals surface area (Å²) in [7, 11) is 0. The van der Waals surface area contributed by atoms with Crippen LogP contribution in [0, 0.1) is 25.7 Å². The third kappa shape index (κ3) is 3.99. The molecular weight excluding hydrogens is 246 g/mol. The maximum absolute atomic E-state index is 5.91. The average Bonchev–Trinajstić information content (AvgIpc) is 2.41. The molecule has 2 heteroatoms. The first-order valence-electron chi connectivity index (χ1n) is 8.11. The molecule has 2 nitrogen and oxygen atoms in total. The highest BCUT2D eigenvalue weighted by Gasteiger charge is 2.29. The summed E-state index contributed by atoms with van der Waals surface area (Å²) in [6.07, 6.45) is 4.17. The van der Waals surface area contributed by atoms with Crippen molar-refractivity contribution in [1.82, 2.24) is 0 Å². The van der Waals surface area contributed by atoms with E-state index in [2.05, 4.69) is 51.2 Å². The average molecular weight is 276 g/mol. The normalized spacial score (nSPS) is 26.5. The molecule has 0 bridgehead atoms. The highest BCUT2D eigenvalue weighted by atomic mass is 16.5. The van der Waals surface area contributed by atoms with Gasteiger partial charge in [0, 0.05) is 5.92 Å². The lowest BCUT2D eigenvalue weighted by molar-refractivity contribution is -0.699. The Hall–Kier alpha value is -1.02. The molecule has 1 aromatic rings. The number of aryl methyl sites for hydroxylation is 2. The molecule has 1 saturated carbocycles. The molecule has 3 atom stereocenters. The smallest absolute Gasteiger partial charge is 0.137 e.